The predicted molar refractivity (Wildman–Crippen MR) is 135 cm³/mol. The molecule has 0 aromatic heterocycles. The Hall–Kier alpha value is -3.01. The van der Waals surface area contributed by atoms with Gasteiger partial charge >= 0.3 is 6.03 Å². The second-order valence-electron chi connectivity index (χ2n) is 9.08. The van der Waals surface area contributed by atoms with E-state index >= 15 is 0 Å². The van der Waals surface area contributed by atoms with Crippen molar-refractivity contribution in [2.45, 2.75) is 58.5 Å². The fourth-order valence-corrected chi connectivity index (χ4v) is 4.87. The normalized spacial score (nSPS) is 22.6. The first-order valence-electron chi connectivity index (χ1n) is 11.2. The third-order valence-corrected chi connectivity index (χ3v) is 7.13. The van der Waals surface area contributed by atoms with Crippen molar-refractivity contribution >= 4 is 6.03 Å². The Morgan fingerprint density at radius 2 is 1.94 bits per heavy atom. The van der Waals surface area contributed by atoms with Gasteiger partial charge in [-0.15, -0.1) is 6.58 Å². The molecule has 172 valence electrons. The van der Waals surface area contributed by atoms with Gasteiger partial charge in [0.1, 0.15) is 5.75 Å². The maximum atomic E-state index is 13.3. The van der Waals surface area contributed by atoms with Crippen molar-refractivity contribution in [1.82, 2.24) is 10.2 Å². The first kappa shape index (κ1) is 25.3. The summed E-state index contributed by atoms with van der Waals surface area (Å²) in [6.45, 7) is 24.5. The highest BCUT2D eigenvalue weighted by atomic mass is 16.3. The van der Waals surface area contributed by atoms with Crippen LogP contribution in [0.15, 0.2) is 79.5 Å². The van der Waals surface area contributed by atoms with Crippen LogP contribution in [-0.4, -0.2) is 29.1 Å². The van der Waals surface area contributed by atoms with Crippen LogP contribution in [0, 0.1) is 5.41 Å². The van der Waals surface area contributed by atoms with E-state index in [2.05, 4.69) is 38.6 Å². The number of carbonyl (C=O) groups is 1. The molecule has 4 heteroatoms. The Morgan fingerprint density at radius 3 is 2.44 bits per heavy atom. The lowest BCUT2D eigenvalue weighted by Gasteiger charge is -2.46. The maximum absolute atomic E-state index is 13.3. The molecule has 0 heterocycles. The summed E-state index contributed by atoms with van der Waals surface area (Å²) in [6, 6.07) is 5.26. The minimum absolute atomic E-state index is 0.0402. The van der Waals surface area contributed by atoms with E-state index in [1.54, 1.807) is 24.1 Å². The SMILES string of the molecule is C=C/C(C)=C(\C=C)C(=C)CC1(CC)Cc2ccc(O)cc2C1(C=C)NC(=O)N(C)C(C)C. The van der Waals surface area contributed by atoms with Gasteiger partial charge in [-0.3, -0.25) is 0 Å². The zero-order valence-corrected chi connectivity index (χ0v) is 20.3. The number of phenolic OH excluding ortho intramolecular Hbond substituents is 1. The molecule has 32 heavy (non-hydrogen) atoms. The van der Waals surface area contributed by atoms with Gasteiger partial charge in [-0.1, -0.05) is 51.0 Å². The van der Waals surface area contributed by atoms with Gasteiger partial charge in [-0.25, -0.2) is 4.79 Å². The van der Waals surface area contributed by atoms with Crippen molar-refractivity contribution in [3.8, 4) is 5.75 Å². The van der Waals surface area contributed by atoms with E-state index < -0.39 is 11.0 Å². The van der Waals surface area contributed by atoms with Crippen LogP contribution in [0.3, 0.4) is 0 Å². The number of hydrogen-bond donors (Lipinski definition) is 2. The fourth-order valence-electron chi connectivity index (χ4n) is 4.87. The number of amides is 2. The number of aromatic hydroxyl groups is 1. The average molecular weight is 435 g/mol. The lowest BCUT2D eigenvalue weighted by atomic mass is 9.64. The highest BCUT2D eigenvalue weighted by Crippen LogP contribution is 2.57. The molecule has 2 rings (SSSR count). The number of urea groups is 1. The molecule has 0 bridgehead atoms. The lowest BCUT2D eigenvalue weighted by Crippen LogP contribution is -2.57. The van der Waals surface area contributed by atoms with Crippen LogP contribution >= 0.6 is 0 Å². The van der Waals surface area contributed by atoms with E-state index in [4.69, 9.17) is 0 Å². The topological polar surface area (TPSA) is 52.6 Å². The molecule has 1 aromatic rings. The number of carbonyl (C=O) groups excluding carboxylic acids is 1. The Balaban J connectivity index is 2.70. The lowest BCUT2D eigenvalue weighted by molar-refractivity contribution is 0.123. The first-order valence-corrected chi connectivity index (χ1v) is 11.2. The Morgan fingerprint density at radius 1 is 1.28 bits per heavy atom. The predicted octanol–water partition coefficient (Wildman–Crippen LogP) is 6.41. The van der Waals surface area contributed by atoms with Crippen molar-refractivity contribution < 1.29 is 9.90 Å². The quantitative estimate of drug-likeness (QED) is 0.348. The van der Waals surface area contributed by atoms with Gasteiger partial charge in [-0.2, -0.15) is 0 Å². The van der Waals surface area contributed by atoms with Crippen LogP contribution in [0.2, 0.25) is 0 Å². The molecule has 4 nitrogen and oxygen atoms in total. The molecule has 0 radical (unpaired) electrons. The Kier molecular flexibility index (Phi) is 7.61. The van der Waals surface area contributed by atoms with Crippen LogP contribution in [0.4, 0.5) is 4.79 Å². The number of rotatable bonds is 9. The molecule has 1 aromatic carbocycles. The minimum atomic E-state index is -0.868. The molecule has 1 aliphatic carbocycles. The largest absolute Gasteiger partial charge is 0.508 e. The number of benzene rings is 1. The van der Waals surface area contributed by atoms with Gasteiger partial charge in [0.25, 0.3) is 0 Å². The second-order valence-corrected chi connectivity index (χ2v) is 9.08. The van der Waals surface area contributed by atoms with Gasteiger partial charge in [0.2, 0.25) is 0 Å². The molecule has 0 aliphatic heterocycles. The number of nitrogens with one attached hydrogen (secondary N) is 1. The summed E-state index contributed by atoms with van der Waals surface area (Å²) in [4.78, 5) is 15.0. The molecular formula is C28H38N2O2. The first-order chi connectivity index (χ1) is 15.0. The fraction of sp³-hybridized carbons (Fsp3) is 0.393. The van der Waals surface area contributed by atoms with E-state index in [1.807, 2.05) is 45.1 Å². The molecule has 2 atom stereocenters. The zero-order valence-electron chi connectivity index (χ0n) is 20.3. The van der Waals surface area contributed by atoms with Crippen molar-refractivity contribution in [3.05, 3.63) is 90.6 Å². The summed E-state index contributed by atoms with van der Waals surface area (Å²) < 4.78 is 0. The van der Waals surface area contributed by atoms with E-state index in [0.717, 1.165) is 40.7 Å². The monoisotopic (exact) mass is 434 g/mol. The van der Waals surface area contributed by atoms with Crippen molar-refractivity contribution in [1.29, 1.82) is 0 Å². The summed E-state index contributed by atoms with van der Waals surface area (Å²) in [5.41, 5.74) is 3.62. The van der Waals surface area contributed by atoms with E-state index in [9.17, 15) is 9.90 Å². The summed E-state index contributed by atoms with van der Waals surface area (Å²) in [6.07, 6.45) is 7.59. The summed E-state index contributed by atoms with van der Waals surface area (Å²) in [7, 11) is 1.79. The highest BCUT2D eigenvalue weighted by molar-refractivity contribution is 5.77. The Bertz CT molecular complexity index is 972. The van der Waals surface area contributed by atoms with Crippen LogP contribution < -0.4 is 5.32 Å². The summed E-state index contributed by atoms with van der Waals surface area (Å²) in [5.74, 6) is 0.168. The van der Waals surface area contributed by atoms with Gasteiger partial charge in [0, 0.05) is 18.5 Å². The Labute approximate surface area is 193 Å². The number of phenols is 1. The molecule has 0 fully saturated rings. The highest BCUT2D eigenvalue weighted by Gasteiger charge is 2.56. The maximum Gasteiger partial charge on any atom is 0.318 e. The zero-order chi connectivity index (χ0) is 24.3. The molecule has 0 saturated carbocycles. The molecule has 2 amide bonds. The van der Waals surface area contributed by atoms with E-state index in [-0.39, 0.29) is 17.8 Å². The van der Waals surface area contributed by atoms with Crippen LogP contribution in [0.25, 0.3) is 0 Å². The number of hydrogen-bond acceptors (Lipinski definition) is 2. The van der Waals surface area contributed by atoms with Gasteiger partial charge in [-0.05, 0) is 80.0 Å². The van der Waals surface area contributed by atoms with E-state index in [0.29, 0.717) is 6.42 Å². The third-order valence-electron chi connectivity index (χ3n) is 7.13. The second kappa shape index (κ2) is 9.64. The number of allylic oxidation sites excluding steroid dienone is 5. The number of nitrogens with zero attached hydrogens (tertiary/aromatic N) is 1. The van der Waals surface area contributed by atoms with Crippen molar-refractivity contribution in [2.24, 2.45) is 5.41 Å². The standard InChI is InChI=1S/C28H38N2O2/c1-10-20(7)24(11-2)21(8)17-27(12-3)18-22-14-15-23(31)16-25(22)28(27,13-4)29-26(32)30(9)19(5)6/h10-11,13-16,19,31H,1-2,4,8,12,17-18H2,3,5-7,9H3,(H,29,32)/b24-20+. The van der Waals surface area contributed by atoms with Crippen LogP contribution in [-0.2, 0) is 12.0 Å². The van der Waals surface area contributed by atoms with E-state index in [1.165, 1.54) is 0 Å². The minimum Gasteiger partial charge on any atom is -0.508 e. The summed E-state index contributed by atoms with van der Waals surface area (Å²) >= 11 is 0. The molecule has 0 saturated heterocycles. The molecule has 2 unspecified atom stereocenters. The average Bonchev–Trinajstić information content (AvgIpc) is 3.02. The van der Waals surface area contributed by atoms with Gasteiger partial charge in [0.15, 0.2) is 0 Å². The van der Waals surface area contributed by atoms with Crippen LogP contribution in [0.1, 0.15) is 51.7 Å². The van der Waals surface area contributed by atoms with Crippen LogP contribution in [0.5, 0.6) is 5.75 Å². The number of fused-ring (bicyclic) bond motifs is 1. The smallest absolute Gasteiger partial charge is 0.318 e. The molecular weight excluding hydrogens is 396 g/mol. The molecule has 1 aliphatic rings. The van der Waals surface area contributed by atoms with Crippen molar-refractivity contribution in [3.63, 3.8) is 0 Å². The molecule has 2 N–H and O–H groups in total. The van der Waals surface area contributed by atoms with Gasteiger partial charge in [0.05, 0.1) is 5.54 Å². The molecule has 0 spiro atoms. The van der Waals surface area contributed by atoms with Crippen molar-refractivity contribution in [2.75, 3.05) is 7.05 Å². The third kappa shape index (κ3) is 4.19. The van der Waals surface area contributed by atoms with Gasteiger partial charge < -0.3 is 15.3 Å². The summed E-state index contributed by atoms with van der Waals surface area (Å²) in [5, 5.41) is 13.6.